The summed E-state index contributed by atoms with van der Waals surface area (Å²) in [5.41, 5.74) is 0. The molecule has 0 aliphatic rings. The van der Waals surface area contributed by atoms with E-state index >= 15 is 0 Å². The fraction of sp³-hybridized carbons (Fsp3) is 0. The Morgan fingerprint density at radius 2 is 1.25 bits per heavy atom. The third kappa shape index (κ3) is 8.87. The van der Waals surface area contributed by atoms with Gasteiger partial charge in [0.2, 0.25) is 0 Å². The molecule has 0 radical (unpaired) electrons. The monoisotopic (exact) mass is 188 g/mol. The second-order valence-electron chi connectivity index (χ2n) is 0. The van der Waals surface area contributed by atoms with Crippen LogP contribution in [0.4, 0.5) is 0 Å². The Bertz CT molecular complexity index is 13.5. The minimum atomic E-state index is 0. The van der Waals surface area contributed by atoms with Crippen LogP contribution in [0.2, 0.25) is 0 Å². The van der Waals surface area contributed by atoms with E-state index in [1.54, 1.807) is 0 Å². The van der Waals surface area contributed by atoms with E-state index in [0.717, 1.165) is 0 Å². The molecule has 18 valence electrons. The molecule has 0 atom stereocenters. The van der Waals surface area contributed by atoms with Gasteiger partial charge in [-0.25, -0.2) is 0 Å². The molecule has 0 amide bonds. The molecule has 0 heterocycles. The van der Waals surface area contributed by atoms with Crippen LogP contribution in [-0.4, -0.2) is 55.1 Å². The molecule has 0 aromatic carbocycles. The fourth-order valence-electron chi connectivity index (χ4n) is 0. The van der Waals surface area contributed by atoms with Crippen LogP contribution in [0.5, 0.6) is 0 Å². The molecule has 0 aromatic heterocycles. The van der Waals surface area contributed by atoms with Crippen molar-refractivity contribution in [3.63, 3.8) is 0 Å². The Labute approximate surface area is 93.1 Å². The van der Waals surface area contributed by atoms with Crippen LogP contribution in [0.25, 0.3) is 0 Å². The molecule has 0 aliphatic heterocycles. The molecule has 0 saturated carbocycles. The van der Waals surface area contributed by atoms with Crippen molar-refractivity contribution in [1.29, 1.82) is 0 Å². The zero-order chi connectivity index (χ0) is 0. The van der Waals surface area contributed by atoms with Crippen molar-refractivity contribution in [2.45, 2.75) is 0 Å². The van der Waals surface area contributed by atoms with Crippen LogP contribution < -0.4 is 0 Å². The predicted molar refractivity (Wildman–Crippen MR) is 17.9 cm³/mol. The first-order valence-electron chi connectivity index (χ1n) is 0. The maximum Gasteiger partial charge on any atom is 2.00 e. The van der Waals surface area contributed by atoms with Gasteiger partial charge in [-0.2, -0.15) is 0 Å². The third-order valence-electron chi connectivity index (χ3n) is 0. The van der Waals surface area contributed by atoms with Gasteiger partial charge in [-0.3, -0.25) is 0 Å². The van der Waals surface area contributed by atoms with E-state index in [9.17, 15) is 0 Å². The second-order valence-corrected chi connectivity index (χ2v) is 0. The summed E-state index contributed by atoms with van der Waals surface area (Å²) in [5, 5.41) is 0. The first-order valence-corrected chi connectivity index (χ1v) is 0. The molecule has 0 N–H and O–H groups in total. The van der Waals surface area contributed by atoms with Crippen LogP contribution in [-0.2, 0) is 36.8 Å². The molecule has 0 fully saturated rings. The Morgan fingerprint density at radius 1 is 1.25 bits per heavy atom. The van der Waals surface area contributed by atoms with Gasteiger partial charge in [-0.15, -0.1) is 0 Å². The zero-order valence-electron chi connectivity index (χ0n) is 3.82. The van der Waals surface area contributed by atoms with Crippen molar-refractivity contribution in [2.75, 3.05) is 0 Å². The predicted octanol–water partition coefficient (Wildman–Crippen LogP) is -1.34. The van der Waals surface area contributed by atoms with E-state index in [1.165, 1.54) is 0 Å². The summed E-state index contributed by atoms with van der Waals surface area (Å²) in [6.45, 7) is 0. The van der Waals surface area contributed by atoms with E-state index in [2.05, 4.69) is 0 Å². The molecular weight excluding hydrogens is 184 g/mol. The molecule has 0 aromatic rings. The average Bonchev–Trinajstić information content (AvgIpc) is 0. The van der Waals surface area contributed by atoms with E-state index in [0.29, 0.717) is 0 Å². The fourth-order valence-corrected chi connectivity index (χ4v) is 0. The zero-order valence-corrected chi connectivity index (χ0v) is 8.27. The maximum absolute atomic E-state index is 0. The molecule has 0 spiro atoms. The molecule has 0 unspecified atom stereocenters. The van der Waals surface area contributed by atoms with Crippen LogP contribution in [0.15, 0.2) is 0 Å². The van der Waals surface area contributed by atoms with Crippen molar-refractivity contribution >= 4 is 55.1 Å². The van der Waals surface area contributed by atoms with E-state index in [1.807, 2.05) is 0 Å². The summed E-state index contributed by atoms with van der Waals surface area (Å²) >= 11 is 0. The van der Waals surface area contributed by atoms with Gasteiger partial charge < -0.3 is 2.85 Å². The molecule has 0 saturated heterocycles. The van der Waals surface area contributed by atoms with E-state index < -0.39 is 0 Å². The molecule has 4 heteroatoms. The molecular formula is H5AlCaCrZn. The van der Waals surface area contributed by atoms with Crippen LogP contribution in [0, 0.1) is 0 Å². The van der Waals surface area contributed by atoms with Gasteiger partial charge in [-0.1, -0.05) is 0 Å². The molecule has 0 bridgehead atoms. The Hall–Kier alpha value is 2.95. The Kier molecular flexibility index (Phi) is 118. The second kappa shape index (κ2) is 16.8. The van der Waals surface area contributed by atoms with Gasteiger partial charge in [0.1, 0.15) is 0 Å². The van der Waals surface area contributed by atoms with Crippen LogP contribution in [0.3, 0.4) is 0 Å². The van der Waals surface area contributed by atoms with Crippen molar-refractivity contribution in [1.82, 2.24) is 0 Å². The quantitative estimate of drug-likeness (QED) is 0.414. The van der Waals surface area contributed by atoms with Gasteiger partial charge in [0.15, 0.2) is 17.4 Å². The van der Waals surface area contributed by atoms with Gasteiger partial charge in [0.25, 0.3) is 0 Å². The molecule has 0 rings (SSSR count). The number of hydrogen-bond acceptors (Lipinski definition) is 0. The van der Waals surface area contributed by atoms with E-state index in [-0.39, 0.29) is 94.8 Å². The van der Waals surface area contributed by atoms with Gasteiger partial charge in [-0.05, 0) is 0 Å². The largest absolute Gasteiger partial charge is 2.00 e. The van der Waals surface area contributed by atoms with Gasteiger partial charge in [0.05, 0.1) is 0 Å². The summed E-state index contributed by atoms with van der Waals surface area (Å²) in [4.78, 5) is 0. The van der Waals surface area contributed by atoms with Crippen molar-refractivity contribution in [3.05, 3.63) is 0 Å². The number of hydrogen-bond donors (Lipinski definition) is 0. The van der Waals surface area contributed by atoms with Gasteiger partial charge in [0, 0.05) is 36.8 Å². The minimum absolute atomic E-state index is 0. The summed E-state index contributed by atoms with van der Waals surface area (Å²) in [7, 11) is 0. The standard InChI is InChI=1S/Al.Ca.Cr.Zn.5H/q;+2;;;;;;2*-1. The molecule has 0 aliphatic carbocycles. The maximum atomic E-state index is 0. The summed E-state index contributed by atoms with van der Waals surface area (Å²) in [6, 6.07) is 0. The molecule has 0 nitrogen and oxygen atoms in total. The summed E-state index contributed by atoms with van der Waals surface area (Å²) in [5.74, 6) is 0. The van der Waals surface area contributed by atoms with Gasteiger partial charge >= 0.3 is 37.7 Å². The smallest absolute Gasteiger partial charge is 1.00 e. The van der Waals surface area contributed by atoms with Crippen LogP contribution in [0.1, 0.15) is 2.85 Å². The average molecular weight is 189 g/mol. The van der Waals surface area contributed by atoms with Crippen LogP contribution >= 0.6 is 0 Å². The Morgan fingerprint density at radius 3 is 1.25 bits per heavy atom. The topological polar surface area (TPSA) is 0 Å². The normalized spacial score (nSPS) is 0. The molecule has 4 heavy (non-hydrogen) atoms. The SMILES string of the molecule is [AlH3].[Ca+2].[Cr].[H-].[H-].[Zn]. The van der Waals surface area contributed by atoms with E-state index in [4.69, 9.17) is 0 Å². The summed E-state index contributed by atoms with van der Waals surface area (Å²) in [6.07, 6.45) is 0. The first kappa shape index (κ1) is 28.3. The first-order chi connectivity index (χ1) is 0. The van der Waals surface area contributed by atoms with Crippen molar-refractivity contribution < 1.29 is 39.7 Å². The van der Waals surface area contributed by atoms with Crippen molar-refractivity contribution in [2.24, 2.45) is 0 Å². The minimum Gasteiger partial charge on any atom is -1.00 e. The third-order valence-corrected chi connectivity index (χ3v) is 0. The Balaban J connectivity index is 0. The number of rotatable bonds is 0. The summed E-state index contributed by atoms with van der Waals surface area (Å²) < 4.78 is 0. The van der Waals surface area contributed by atoms with Crippen molar-refractivity contribution in [3.8, 4) is 0 Å².